The third-order valence-electron chi connectivity index (χ3n) is 11.1. The van der Waals surface area contributed by atoms with Gasteiger partial charge in [-0.15, -0.1) is 21.0 Å². The lowest BCUT2D eigenvalue weighted by molar-refractivity contribution is -0.155. The van der Waals surface area contributed by atoms with Gasteiger partial charge < -0.3 is 14.6 Å². The molecule has 5 rings (SSSR count). The molecule has 6 nitrogen and oxygen atoms in total. The third kappa shape index (κ3) is 12.2. The Morgan fingerprint density at radius 3 is 2.13 bits per heavy atom. The lowest BCUT2D eigenvalue weighted by Crippen LogP contribution is -2.59. The third-order valence-corrected chi connectivity index (χ3v) is 12.6. The summed E-state index contributed by atoms with van der Waals surface area (Å²) in [6.45, 7) is 37.7. The normalized spacial score (nSPS) is 28.9. The van der Waals surface area contributed by atoms with Crippen molar-refractivity contribution in [2.45, 2.75) is 168 Å². The lowest BCUT2D eigenvalue weighted by atomic mass is 9.44. The molecule has 1 aromatic heterocycles. The summed E-state index contributed by atoms with van der Waals surface area (Å²) in [7, 11) is 2.71. The van der Waals surface area contributed by atoms with Crippen LogP contribution in [-0.4, -0.2) is 44.8 Å². The summed E-state index contributed by atoms with van der Waals surface area (Å²) in [5.41, 5.74) is 4.19. The van der Waals surface area contributed by atoms with Crippen molar-refractivity contribution in [1.82, 2.24) is 9.78 Å². The lowest BCUT2D eigenvalue weighted by Gasteiger charge is -2.61. The summed E-state index contributed by atoms with van der Waals surface area (Å²) in [5.74, 6) is 3.86. The van der Waals surface area contributed by atoms with E-state index in [1.54, 1.807) is 18.7 Å². The molecule has 0 bridgehead atoms. The maximum absolute atomic E-state index is 12.8. The second kappa shape index (κ2) is 26.2. The van der Waals surface area contributed by atoms with E-state index in [9.17, 15) is 9.90 Å². The van der Waals surface area contributed by atoms with Crippen molar-refractivity contribution in [3.05, 3.63) is 47.2 Å². The average Bonchev–Trinajstić information content (AvgIpc) is 3.65. The Bertz CT molecular complexity index is 1240. The highest BCUT2D eigenvalue weighted by Gasteiger charge is 2.66. The van der Waals surface area contributed by atoms with Crippen LogP contribution in [0.4, 0.5) is 0 Å². The molecule has 52 heavy (non-hydrogen) atoms. The second-order valence-electron chi connectivity index (χ2n) is 14.3. The number of rotatable bonds is 8. The van der Waals surface area contributed by atoms with E-state index < -0.39 is 6.10 Å². The number of fused-ring (bicyclic) bond motifs is 6. The largest absolute Gasteiger partial charge is 0.464 e. The van der Waals surface area contributed by atoms with Crippen molar-refractivity contribution in [3.8, 4) is 0 Å². The molecular formula is C44H81N2O4PS. The van der Waals surface area contributed by atoms with E-state index in [-0.39, 0.29) is 22.2 Å². The topological polar surface area (TPSA) is 81.4 Å². The van der Waals surface area contributed by atoms with Gasteiger partial charge in [0.2, 0.25) is 0 Å². The van der Waals surface area contributed by atoms with Gasteiger partial charge in [-0.25, -0.2) is 0 Å². The first kappa shape index (κ1) is 52.4. The predicted molar refractivity (Wildman–Crippen MR) is 233 cm³/mol. The van der Waals surface area contributed by atoms with Crippen molar-refractivity contribution in [1.29, 1.82) is 0 Å². The molecular weight excluding hydrogens is 684 g/mol. The van der Waals surface area contributed by atoms with Gasteiger partial charge in [0.15, 0.2) is 0 Å². The summed E-state index contributed by atoms with van der Waals surface area (Å²) < 4.78 is 8.02. The van der Waals surface area contributed by atoms with Crippen LogP contribution in [-0.2, 0) is 27.3 Å². The van der Waals surface area contributed by atoms with Crippen LogP contribution >= 0.6 is 21.0 Å². The Morgan fingerprint density at radius 1 is 1.08 bits per heavy atom. The van der Waals surface area contributed by atoms with Crippen LogP contribution in [0.5, 0.6) is 0 Å². The molecule has 0 aromatic carbocycles. The second-order valence-corrected chi connectivity index (χ2v) is 16.3. The molecule has 3 saturated carbocycles. The van der Waals surface area contributed by atoms with Crippen LogP contribution in [0, 0.1) is 34.0 Å². The minimum absolute atomic E-state index is 0.0800. The highest BCUT2D eigenvalue weighted by atomic mass is 32.2. The van der Waals surface area contributed by atoms with Gasteiger partial charge in [-0.3, -0.25) is 9.48 Å². The number of allylic oxidation sites excluding steroid dienone is 3. The van der Waals surface area contributed by atoms with Gasteiger partial charge in [-0.2, -0.15) is 5.10 Å². The fourth-order valence-corrected chi connectivity index (χ4v) is 9.63. The van der Waals surface area contributed by atoms with Gasteiger partial charge in [0.1, 0.15) is 24.1 Å². The first-order valence-corrected chi connectivity index (χ1v) is 22.3. The van der Waals surface area contributed by atoms with Gasteiger partial charge >= 0.3 is 0 Å². The zero-order valence-corrected chi connectivity index (χ0v) is 38.3. The molecule has 1 aromatic rings. The number of Topliss-reactive ketones (excluding diaryl/α,β-unsaturated/α-hetero) is 1. The number of aromatic nitrogens is 2. The Labute approximate surface area is 328 Å². The number of aliphatic hydroxyl groups is 1. The first-order valence-electron chi connectivity index (χ1n) is 20.3. The van der Waals surface area contributed by atoms with Crippen LogP contribution in [0.3, 0.4) is 0 Å². The van der Waals surface area contributed by atoms with Gasteiger partial charge in [0, 0.05) is 17.1 Å². The number of nitrogens with zero attached hydrogens (tertiary/aromatic N) is 2. The van der Waals surface area contributed by atoms with Crippen LogP contribution in [0.25, 0.3) is 6.08 Å². The first-order chi connectivity index (χ1) is 24.8. The zero-order valence-electron chi connectivity index (χ0n) is 36.3. The smallest absolute Gasteiger partial charge is 0.136 e. The molecule has 0 spiro atoms. The standard InChI is InChI=1S/C31H45N2O3PS.2C3H8.3C2H6.CH2O/c1-7-23(36-19(2)17-38-18-37)16-33-15-21-13-29(4)22(12-26(21)32-33)8-9-24-25-10-11-30(5,20(3)34)31(25,6)14-27(35)28(24)29;2*1-3-2;4*1-2/h7,12,15,24-25,27-28,35H,2,8-11,13-14,16-18,37H2,1,3-6H3;2*3H2,1-2H3;3*1-2H3;1H2/b23-7-;;;;;;/t24?,25?,27?,28?,29?,30-,31?;;;;;;/m1....../s1. The molecule has 8 atom stereocenters. The van der Waals surface area contributed by atoms with Crippen molar-refractivity contribution in [2.75, 3.05) is 11.2 Å². The number of ketones is 1. The number of hydrogen-bond donors (Lipinski definition) is 1. The van der Waals surface area contributed by atoms with E-state index in [0.717, 1.165) is 67.0 Å². The number of carbonyl (C=O) groups is 2. The van der Waals surface area contributed by atoms with E-state index in [0.29, 0.717) is 24.2 Å². The molecule has 8 heteroatoms. The van der Waals surface area contributed by atoms with Crippen molar-refractivity contribution in [2.24, 2.45) is 34.0 Å². The molecule has 0 radical (unpaired) electrons. The summed E-state index contributed by atoms with van der Waals surface area (Å²) in [5, 5.41) is 16.7. The molecule has 0 aliphatic heterocycles. The Balaban J connectivity index is 0. The fraction of sp³-hybridized carbons (Fsp3) is 0.750. The number of hydrogen-bond acceptors (Lipinski definition) is 6. The average molecular weight is 765 g/mol. The van der Waals surface area contributed by atoms with E-state index in [2.05, 4.69) is 76.6 Å². The van der Waals surface area contributed by atoms with Crippen LogP contribution in [0.2, 0.25) is 0 Å². The number of ether oxygens (including phenoxy) is 1. The zero-order chi connectivity index (χ0) is 40.9. The molecule has 302 valence electrons. The molecule has 0 saturated heterocycles. The molecule has 1 heterocycles. The van der Waals surface area contributed by atoms with E-state index in [4.69, 9.17) is 14.6 Å². The molecule has 3 fully saturated rings. The fourth-order valence-electron chi connectivity index (χ4n) is 8.87. The molecule has 4 aliphatic carbocycles. The van der Waals surface area contributed by atoms with Crippen molar-refractivity contribution in [3.63, 3.8) is 0 Å². The highest BCUT2D eigenvalue weighted by Crippen LogP contribution is 2.69. The summed E-state index contributed by atoms with van der Waals surface area (Å²) in [4.78, 5) is 20.8. The predicted octanol–water partition coefficient (Wildman–Crippen LogP) is 12.4. The monoisotopic (exact) mass is 765 g/mol. The van der Waals surface area contributed by atoms with Crippen LogP contribution in [0.1, 0.15) is 160 Å². The van der Waals surface area contributed by atoms with E-state index in [1.807, 2.05) is 66.0 Å². The van der Waals surface area contributed by atoms with Crippen LogP contribution < -0.4 is 0 Å². The maximum Gasteiger partial charge on any atom is 0.136 e. The highest BCUT2D eigenvalue weighted by molar-refractivity contribution is 8.02. The molecule has 7 unspecified atom stereocenters. The van der Waals surface area contributed by atoms with Crippen LogP contribution in [0.15, 0.2) is 35.9 Å². The van der Waals surface area contributed by atoms with Gasteiger partial charge in [0.25, 0.3) is 0 Å². The summed E-state index contributed by atoms with van der Waals surface area (Å²) >= 11 is 1.77. The minimum Gasteiger partial charge on any atom is -0.464 e. The quantitative estimate of drug-likeness (QED) is 0.210. The number of carbonyl (C=O) groups excluding carboxylic acids is 2. The van der Waals surface area contributed by atoms with Crippen molar-refractivity contribution >= 4 is 39.7 Å². The van der Waals surface area contributed by atoms with E-state index in [1.165, 1.54) is 24.0 Å². The number of thioether (sulfide) groups is 1. The number of aliphatic hydroxyl groups excluding tert-OH is 1. The van der Waals surface area contributed by atoms with E-state index >= 15 is 0 Å². The molecule has 1 N–H and O–H groups in total. The van der Waals surface area contributed by atoms with Crippen molar-refractivity contribution < 1.29 is 19.4 Å². The summed E-state index contributed by atoms with van der Waals surface area (Å²) in [6.07, 6.45) is 14.4. The Hall–Kier alpha value is -1.69. The van der Waals surface area contributed by atoms with Gasteiger partial charge in [0.05, 0.1) is 24.1 Å². The Morgan fingerprint density at radius 2 is 1.63 bits per heavy atom. The van der Waals surface area contributed by atoms with Gasteiger partial charge in [-0.1, -0.05) is 115 Å². The summed E-state index contributed by atoms with van der Waals surface area (Å²) in [6, 6.07) is 0. The Kier molecular flexibility index (Phi) is 26.4. The molecule has 0 amide bonds. The molecule has 4 aliphatic rings. The van der Waals surface area contributed by atoms with Gasteiger partial charge in [-0.05, 0) is 98.7 Å². The maximum atomic E-state index is 12.8. The minimum atomic E-state index is -0.392. The SMILES string of the molecule is C=C(CSCP)O/C(=C\C)Cn1cc2c(n1)C=C1CCC3C(C(O)CC4(C)C3CC[C@]4(C)C(C)=O)C1(C)C2.C=O.CC.CC.CC.CCC.CCC.